The molecule has 0 amide bonds. The summed E-state index contributed by atoms with van der Waals surface area (Å²) in [6.45, 7) is 6.14. The van der Waals surface area contributed by atoms with Crippen molar-refractivity contribution >= 4 is 39.4 Å². The highest BCUT2D eigenvalue weighted by Gasteiger charge is 2.22. The van der Waals surface area contributed by atoms with Gasteiger partial charge in [-0.25, -0.2) is 14.8 Å². The maximum atomic E-state index is 12.8. The maximum Gasteiger partial charge on any atom is 0.341 e. The molecule has 0 bridgehead atoms. The summed E-state index contributed by atoms with van der Waals surface area (Å²) in [6.07, 6.45) is 2.95. The molecule has 154 valence electrons. The van der Waals surface area contributed by atoms with E-state index in [4.69, 9.17) is 14.7 Å². The number of benzene rings is 1. The van der Waals surface area contributed by atoms with E-state index in [1.807, 2.05) is 53.9 Å². The lowest BCUT2D eigenvalue weighted by Gasteiger charge is -2.24. The van der Waals surface area contributed by atoms with Gasteiger partial charge >= 0.3 is 5.97 Å². The van der Waals surface area contributed by atoms with E-state index in [1.165, 1.54) is 0 Å². The number of pyridine rings is 2. The fourth-order valence-electron chi connectivity index (χ4n) is 4.32. The quantitative estimate of drug-likeness (QED) is 0.489. The summed E-state index contributed by atoms with van der Waals surface area (Å²) >= 11 is 0. The van der Waals surface area contributed by atoms with Crippen molar-refractivity contribution in [3.05, 3.63) is 48.2 Å². The zero-order valence-corrected chi connectivity index (χ0v) is 17.3. The first kappa shape index (κ1) is 18.8. The van der Waals surface area contributed by atoms with Crippen LogP contribution in [0.1, 0.15) is 23.7 Å². The second-order valence-corrected chi connectivity index (χ2v) is 7.75. The highest BCUT2D eigenvalue weighted by atomic mass is 16.5. The van der Waals surface area contributed by atoms with Gasteiger partial charge in [0.1, 0.15) is 11.2 Å². The van der Waals surface area contributed by atoms with Crippen LogP contribution in [0.5, 0.6) is 0 Å². The first-order valence-electron chi connectivity index (χ1n) is 10.5. The van der Waals surface area contributed by atoms with Crippen LogP contribution in [0.3, 0.4) is 0 Å². The summed E-state index contributed by atoms with van der Waals surface area (Å²) in [6, 6.07) is 11.9. The zero-order valence-electron chi connectivity index (χ0n) is 17.3. The van der Waals surface area contributed by atoms with Crippen molar-refractivity contribution in [1.82, 2.24) is 19.3 Å². The lowest BCUT2D eigenvalue weighted by Crippen LogP contribution is -2.29. The van der Waals surface area contributed by atoms with Crippen molar-refractivity contribution in [1.29, 1.82) is 0 Å². The molecule has 0 aliphatic carbocycles. The fourth-order valence-corrected chi connectivity index (χ4v) is 4.32. The van der Waals surface area contributed by atoms with Gasteiger partial charge in [0.05, 0.1) is 17.6 Å². The molecule has 0 saturated carbocycles. The minimum atomic E-state index is -0.356. The minimum Gasteiger partial charge on any atom is -0.462 e. The number of para-hydroxylation sites is 2. The molecule has 0 unspecified atom stereocenters. The van der Waals surface area contributed by atoms with E-state index in [0.717, 1.165) is 60.4 Å². The highest BCUT2D eigenvalue weighted by molar-refractivity contribution is 6.05. The van der Waals surface area contributed by atoms with Crippen molar-refractivity contribution in [2.24, 2.45) is 0 Å². The molecule has 0 spiro atoms. The van der Waals surface area contributed by atoms with Crippen LogP contribution in [0.4, 0.5) is 5.69 Å². The van der Waals surface area contributed by atoms with Crippen LogP contribution in [0.2, 0.25) is 0 Å². The van der Waals surface area contributed by atoms with E-state index < -0.39 is 0 Å². The van der Waals surface area contributed by atoms with Crippen molar-refractivity contribution in [3.8, 4) is 0 Å². The number of rotatable bonds is 3. The number of fused-ring (bicyclic) bond motifs is 5. The molecular weight excluding hydrogens is 378 g/mol. The summed E-state index contributed by atoms with van der Waals surface area (Å²) in [4.78, 5) is 27.0. The second kappa shape index (κ2) is 7.57. The number of hydrogen-bond acceptors (Lipinski definition) is 6. The third kappa shape index (κ3) is 3.06. The third-order valence-corrected chi connectivity index (χ3v) is 5.80. The molecule has 4 heterocycles. The van der Waals surface area contributed by atoms with Crippen LogP contribution in [0.25, 0.3) is 27.7 Å². The van der Waals surface area contributed by atoms with E-state index in [9.17, 15) is 4.79 Å². The predicted molar refractivity (Wildman–Crippen MR) is 118 cm³/mol. The largest absolute Gasteiger partial charge is 0.462 e. The first-order chi connectivity index (χ1) is 14.7. The van der Waals surface area contributed by atoms with Gasteiger partial charge in [-0.1, -0.05) is 12.1 Å². The summed E-state index contributed by atoms with van der Waals surface area (Å²) in [5.41, 5.74) is 4.73. The van der Waals surface area contributed by atoms with Gasteiger partial charge in [0.15, 0.2) is 5.65 Å². The number of carbonyl (C=O) groups is 1. The Balaban J connectivity index is 1.81. The summed E-state index contributed by atoms with van der Waals surface area (Å²) in [7, 11) is 2.16. The molecule has 4 aromatic rings. The lowest BCUT2D eigenvalue weighted by atomic mass is 10.1. The highest BCUT2D eigenvalue weighted by Crippen LogP contribution is 2.31. The molecule has 1 aliphatic heterocycles. The number of carbonyl (C=O) groups excluding carboxylic acids is 1. The molecule has 0 atom stereocenters. The third-order valence-electron chi connectivity index (χ3n) is 5.80. The number of anilines is 1. The number of esters is 1. The Bertz CT molecular complexity index is 1250. The molecule has 0 N–H and O–H groups in total. The monoisotopic (exact) mass is 403 g/mol. The second-order valence-electron chi connectivity index (χ2n) is 7.75. The number of imidazole rings is 1. The van der Waals surface area contributed by atoms with Gasteiger partial charge in [0.25, 0.3) is 0 Å². The Hall–Kier alpha value is -3.19. The van der Waals surface area contributed by atoms with Crippen molar-refractivity contribution in [2.45, 2.75) is 13.3 Å². The predicted octanol–water partition coefficient (Wildman–Crippen LogP) is 3.35. The van der Waals surface area contributed by atoms with E-state index >= 15 is 0 Å². The lowest BCUT2D eigenvalue weighted by molar-refractivity contribution is 0.0528. The molecule has 1 aromatic carbocycles. The molecule has 5 rings (SSSR count). The molecule has 3 aromatic heterocycles. The van der Waals surface area contributed by atoms with E-state index in [2.05, 4.69) is 16.8 Å². The number of aromatic nitrogens is 3. The standard InChI is InChI=1S/C23H25N5O2/c1-3-30-23(29)17-15-16-19(27-12-6-11-26(2)13-14-27)9-10-24-21(16)28-20-8-5-4-7-18(20)25-22(17)28/h4-5,7-10,15H,3,6,11-14H2,1-2H3. The van der Waals surface area contributed by atoms with E-state index in [1.54, 1.807) is 0 Å². The number of nitrogens with zero attached hydrogens (tertiary/aromatic N) is 5. The average molecular weight is 403 g/mol. The Morgan fingerprint density at radius 3 is 2.83 bits per heavy atom. The van der Waals surface area contributed by atoms with Gasteiger partial charge < -0.3 is 14.5 Å². The molecule has 1 fully saturated rings. The van der Waals surface area contributed by atoms with Gasteiger partial charge in [-0.3, -0.25) is 4.40 Å². The Kier molecular flexibility index (Phi) is 4.75. The van der Waals surface area contributed by atoms with E-state index in [0.29, 0.717) is 17.8 Å². The minimum absolute atomic E-state index is 0.321. The summed E-state index contributed by atoms with van der Waals surface area (Å²) in [5, 5.41) is 0.945. The Morgan fingerprint density at radius 1 is 1.10 bits per heavy atom. The summed E-state index contributed by atoms with van der Waals surface area (Å²) < 4.78 is 7.36. The molecule has 7 nitrogen and oxygen atoms in total. The zero-order chi connectivity index (χ0) is 20.7. The molecule has 30 heavy (non-hydrogen) atoms. The van der Waals surface area contributed by atoms with Crippen LogP contribution in [-0.2, 0) is 4.74 Å². The van der Waals surface area contributed by atoms with Crippen molar-refractivity contribution < 1.29 is 9.53 Å². The van der Waals surface area contributed by atoms with Gasteiger partial charge in [-0.15, -0.1) is 0 Å². The Morgan fingerprint density at radius 2 is 1.97 bits per heavy atom. The normalized spacial score (nSPS) is 15.7. The van der Waals surface area contributed by atoms with Gasteiger partial charge in [-0.2, -0.15) is 0 Å². The average Bonchev–Trinajstić information content (AvgIpc) is 3.02. The number of likely N-dealkylation sites (N-methyl/N-ethyl adjacent to an activating group) is 1. The molecular formula is C23H25N5O2. The molecule has 0 radical (unpaired) electrons. The maximum absolute atomic E-state index is 12.8. The number of ether oxygens (including phenoxy) is 1. The van der Waals surface area contributed by atoms with Gasteiger partial charge in [-0.05, 0) is 51.2 Å². The fraction of sp³-hybridized carbons (Fsp3) is 0.348. The van der Waals surface area contributed by atoms with Crippen LogP contribution >= 0.6 is 0 Å². The summed E-state index contributed by atoms with van der Waals surface area (Å²) in [5.74, 6) is -0.356. The van der Waals surface area contributed by atoms with Crippen LogP contribution < -0.4 is 4.90 Å². The topological polar surface area (TPSA) is 63.0 Å². The van der Waals surface area contributed by atoms with Crippen LogP contribution in [0.15, 0.2) is 42.6 Å². The van der Waals surface area contributed by atoms with Gasteiger partial charge in [0.2, 0.25) is 0 Å². The smallest absolute Gasteiger partial charge is 0.341 e. The molecule has 7 heteroatoms. The molecule has 1 aliphatic rings. The first-order valence-corrected chi connectivity index (χ1v) is 10.5. The van der Waals surface area contributed by atoms with E-state index in [-0.39, 0.29) is 5.97 Å². The number of hydrogen-bond donors (Lipinski definition) is 0. The molecule has 1 saturated heterocycles. The Labute approximate surface area is 174 Å². The van der Waals surface area contributed by atoms with Crippen molar-refractivity contribution in [2.75, 3.05) is 44.7 Å². The SMILES string of the molecule is CCOC(=O)c1cc2c(N3CCCN(C)CC3)ccnc2n2c1nc1ccccc12. The van der Waals surface area contributed by atoms with Crippen LogP contribution in [-0.4, -0.2) is 65.1 Å². The van der Waals surface area contributed by atoms with Gasteiger partial charge in [0, 0.05) is 36.9 Å². The van der Waals surface area contributed by atoms with Crippen molar-refractivity contribution in [3.63, 3.8) is 0 Å². The van der Waals surface area contributed by atoms with Crippen LogP contribution in [0, 0.1) is 0 Å².